The van der Waals surface area contributed by atoms with Crippen LogP contribution in [0.5, 0.6) is 5.75 Å². The zero-order chi connectivity index (χ0) is 15.2. The van der Waals surface area contributed by atoms with Crippen molar-refractivity contribution in [1.82, 2.24) is 0 Å². The Morgan fingerprint density at radius 2 is 1.85 bits per heavy atom. The maximum absolute atomic E-state index is 11.5. The molecule has 1 aromatic carbocycles. The quantitative estimate of drug-likeness (QED) is 0.773. The summed E-state index contributed by atoms with van der Waals surface area (Å²) in [6.07, 6.45) is 0.167. The molecule has 0 aliphatic carbocycles. The van der Waals surface area contributed by atoms with Gasteiger partial charge in [0.1, 0.15) is 11.4 Å². The summed E-state index contributed by atoms with van der Waals surface area (Å²) in [6, 6.07) is 6.95. The molecule has 0 saturated carbocycles. The molecule has 0 aromatic heterocycles. The van der Waals surface area contributed by atoms with Crippen LogP contribution in [0.15, 0.2) is 24.3 Å². The third-order valence-electron chi connectivity index (χ3n) is 2.25. The number of carbonyl (C=O) groups is 2. The van der Waals surface area contributed by atoms with Crippen LogP contribution in [-0.2, 0) is 25.5 Å². The van der Waals surface area contributed by atoms with Gasteiger partial charge in [0.15, 0.2) is 6.61 Å². The third-order valence-corrected chi connectivity index (χ3v) is 2.25. The predicted octanol–water partition coefficient (Wildman–Crippen LogP) is 2.12. The number of rotatable bonds is 5. The summed E-state index contributed by atoms with van der Waals surface area (Å²) in [5, 5.41) is 0. The van der Waals surface area contributed by atoms with E-state index in [2.05, 4.69) is 4.74 Å². The molecule has 0 aliphatic rings. The Labute approximate surface area is 118 Å². The minimum Gasteiger partial charge on any atom is -0.482 e. The zero-order valence-corrected chi connectivity index (χ0v) is 12.3. The van der Waals surface area contributed by atoms with Gasteiger partial charge in [-0.15, -0.1) is 0 Å². The second kappa shape index (κ2) is 6.93. The van der Waals surface area contributed by atoms with E-state index in [9.17, 15) is 9.59 Å². The summed E-state index contributed by atoms with van der Waals surface area (Å²) >= 11 is 0. The maximum atomic E-state index is 11.5. The molecule has 0 amide bonds. The Balaban J connectivity index is 2.54. The number of hydrogen-bond acceptors (Lipinski definition) is 5. The lowest BCUT2D eigenvalue weighted by atomic mass is 10.1. The van der Waals surface area contributed by atoms with E-state index in [1.165, 1.54) is 7.11 Å². The van der Waals surface area contributed by atoms with Crippen molar-refractivity contribution in [2.24, 2.45) is 0 Å². The highest BCUT2D eigenvalue weighted by Crippen LogP contribution is 2.15. The number of carbonyl (C=O) groups excluding carboxylic acids is 2. The molecule has 5 nitrogen and oxygen atoms in total. The first kappa shape index (κ1) is 16.0. The second-order valence-electron chi connectivity index (χ2n) is 5.28. The molecule has 0 atom stereocenters. The molecular formula is C15H20O5. The summed E-state index contributed by atoms with van der Waals surface area (Å²) in [5.74, 6) is -0.248. The highest BCUT2D eigenvalue weighted by Gasteiger charge is 2.16. The number of esters is 2. The molecule has 0 N–H and O–H groups in total. The standard InChI is InChI=1S/C15H20O5/c1-15(2,3)20-14(17)10-19-12-7-5-6-11(8-12)9-13(16)18-4/h5-8H,9-10H2,1-4H3. The normalized spacial score (nSPS) is 10.8. The van der Waals surface area contributed by atoms with E-state index < -0.39 is 11.6 Å². The molecular weight excluding hydrogens is 260 g/mol. The molecule has 0 bridgehead atoms. The lowest BCUT2D eigenvalue weighted by Gasteiger charge is -2.19. The van der Waals surface area contributed by atoms with Gasteiger partial charge in [-0.25, -0.2) is 4.79 Å². The minimum absolute atomic E-state index is 0.167. The van der Waals surface area contributed by atoms with E-state index in [4.69, 9.17) is 9.47 Å². The van der Waals surface area contributed by atoms with Gasteiger partial charge in [0, 0.05) is 0 Å². The van der Waals surface area contributed by atoms with E-state index in [1.807, 2.05) is 0 Å². The van der Waals surface area contributed by atoms with Gasteiger partial charge in [-0.2, -0.15) is 0 Å². The maximum Gasteiger partial charge on any atom is 0.344 e. The summed E-state index contributed by atoms with van der Waals surface area (Å²) in [7, 11) is 1.34. The van der Waals surface area contributed by atoms with Crippen LogP contribution in [0.1, 0.15) is 26.3 Å². The highest BCUT2D eigenvalue weighted by atomic mass is 16.6. The molecule has 5 heteroatoms. The van der Waals surface area contributed by atoms with E-state index >= 15 is 0 Å². The number of methoxy groups -OCH3 is 1. The van der Waals surface area contributed by atoms with E-state index in [0.29, 0.717) is 5.75 Å². The van der Waals surface area contributed by atoms with Crippen LogP contribution in [0.4, 0.5) is 0 Å². The summed E-state index contributed by atoms with van der Waals surface area (Å²) in [5.41, 5.74) is 0.228. The second-order valence-corrected chi connectivity index (χ2v) is 5.28. The molecule has 20 heavy (non-hydrogen) atoms. The van der Waals surface area contributed by atoms with Gasteiger partial charge in [-0.05, 0) is 38.5 Å². The first-order valence-corrected chi connectivity index (χ1v) is 6.30. The van der Waals surface area contributed by atoms with Crippen LogP contribution >= 0.6 is 0 Å². The fourth-order valence-corrected chi connectivity index (χ4v) is 1.50. The van der Waals surface area contributed by atoms with Crippen LogP contribution in [0, 0.1) is 0 Å². The van der Waals surface area contributed by atoms with Gasteiger partial charge >= 0.3 is 11.9 Å². The predicted molar refractivity (Wildman–Crippen MR) is 73.5 cm³/mol. The first-order chi connectivity index (χ1) is 9.30. The SMILES string of the molecule is COC(=O)Cc1cccc(OCC(=O)OC(C)(C)C)c1. The lowest BCUT2D eigenvalue weighted by Crippen LogP contribution is -2.27. The molecule has 0 fully saturated rings. The first-order valence-electron chi connectivity index (χ1n) is 6.30. The van der Waals surface area contributed by atoms with Crippen LogP contribution in [0.2, 0.25) is 0 Å². The average Bonchev–Trinajstić information content (AvgIpc) is 2.34. The lowest BCUT2D eigenvalue weighted by molar-refractivity contribution is -0.157. The van der Waals surface area contributed by atoms with Crippen molar-refractivity contribution >= 4 is 11.9 Å². The zero-order valence-electron chi connectivity index (χ0n) is 12.3. The van der Waals surface area contributed by atoms with Crippen molar-refractivity contribution < 1.29 is 23.8 Å². The molecule has 0 radical (unpaired) electrons. The number of benzene rings is 1. The van der Waals surface area contributed by atoms with Crippen molar-refractivity contribution in [2.75, 3.05) is 13.7 Å². The van der Waals surface area contributed by atoms with Gasteiger partial charge < -0.3 is 14.2 Å². The van der Waals surface area contributed by atoms with Crippen molar-refractivity contribution in [3.63, 3.8) is 0 Å². The minimum atomic E-state index is -0.535. The van der Waals surface area contributed by atoms with Gasteiger partial charge in [0.05, 0.1) is 13.5 Å². The van der Waals surface area contributed by atoms with E-state index in [-0.39, 0.29) is 19.0 Å². The van der Waals surface area contributed by atoms with Crippen molar-refractivity contribution in [2.45, 2.75) is 32.8 Å². The largest absolute Gasteiger partial charge is 0.482 e. The summed E-state index contributed by atoms with van der Waals surface area (Å²) in [4.78, 5) is 22.7. The number of ether oxygens (including phenoxy) is 3. The summed E-state index contributed by atoms with van der Waals surface area (Å²) in [6.45, 7) is 5.21. The molecule has 0 saturated heterocycles. The van der Waals surface area contributed by atoms with Crippen LogP contribution in [0.25, 0.3) is 0 Å². The molecule has 0 heterocycles. The number of hydrogen-bond donors (Lipinski definition) is 0. The fourth-order valence-electron chi connectivity index (χ4n) is 1.50. The monoisotopic (exact) mass is 280 g/mol. The molecule has 0 unspecified atom stereocenters. The Morgan fingerprint density at radius 1 is 1.15 bits per heavy atom. The van der Waals surface area contributed by atoms with Crippen molar-refractivity contribution in [1.29, 1.82) is 0 Å². The Kier molecular flexibility index (Phi) is 5.55. The molecule has 0 aliphatic heterocycles. The van der Waals surface area contributed by atoms with Gasteiger partial charge in [-0.3, -0.25) is 4.79 Å². The molecule has 110 valence electrons. The van der Waals surface area contributed by atoms with Crippen molar-refractivity contribution in [3.8, 4) is 5.75 Å². The van der Waals surface area contributed by atoms with Crippen LogP contribution in [0.3, 0.4) is 0 Å². The topological polar surface area (TPSA) is 61.8 Å². The third kappa shape index (κ3) is 6.22. The molecule has 1 rings (SSSR count). The average molecular weight is 280 g/mol. The smallest absolute Gasteiger partial charge is 0.344 e. The van der Waals surface area contributed by atoms with Gasteiger partial charge in [0.25, 0.3) is 0 Å². The van der Waals surface area contributed by atoms with E-state index in [0.717, 1.165) is 5.56 Å². The van der Waals surface area contributed by atoms with Gasteiger partial charge in [0.2, 0.25) is 0 Å². The Morgan fingerprint density at radius 3 is 2.45 bits per heavy atom. The van der Waals surface area contributed by atoms with Crippen molar-refractivity contribution in [3.05, 3.63) is 29.8 Å². The van der Waals surface area contributed by atoms with Crippen LogP contribution < -0.4 is 4.74 Å². The highest BCUT2D eigenvalue weighted by molar-refractivity contribution is 5.73. The Bertz CT molecular complexity index is 473. The Hall–Kier alpha value is -2.04. The fraction of sp³-hybridized carbons (Fsp3) is 0.467. The van der Waals surface area contributed by atoms with Gasteiger partial charge in [-0.1, -0.05) is 12.1 Å². The summed E-state index contributed by atoms with van der Waals surface area (Å²) < 4.78 is 15.1. The molecule has 1 aromatic rings. The molecule has 0 spiro atoms. The van der Waals surface area contributed by atoms with Crippen LogP contribution in [-0.4, -0.2) is 31.3 Å². The van der Waals surface area contributed by atoms with E-state index in [1.54, 1.807) is 45.0 Å².